The van der Waals surface area contributed by atoms with Crippen molar-refractivity contribution in [3.63, 3.8) is 0 Å². The van der Waals surface area contributed by atoms with Gasteiger partial charge in [-0.2, -0.15) is 0 Å². The summed E-state index contributed by atoms with van der Waals surface area (Å²) in [7, 11) is 0. The molecule has 0 heterocycles. The van der Waals surface area contributed by atoms with E-state index in [0.717, 1.165) is 70.6 Å². The van der Waals surface area contributed by atoms with E-state index >= 15 is 0 Å². The number of rotatable bonds is 42. The Kier molecular flexibility index (Phi) is 44.3. The summed E-state index contributed by atoms with van der Waals surface area (Å²) in [5.74, 6) is -0.641. The zero-order chi connectivity index (χ0) is 43.8. The lowest BCUT2D eigenvalue weighted by molar-refractivity contribution is -0.150. The maximum Gasteiger partial charge on any atom is 0.306 e. The first-order valence-corrected chi connectivity index (χ1v) is 24.5. The highest BCUT2D eigenvalue weighted by atomic mass is 16.5. The molecule has 3 atom stereocenters. The van der Waals surface area contributed by atoms with Crippen molar-refractivity contribution < 1.29 is 24.5 Å². The predicted molar refractivity (Wildman–Crippen MR) is 259 cm³/mol. The summed E-state index contributed by atoms with van der Waals surface area (Å²) in [5.41, 5.74) is 0. The molecule has 3 unspecified atom stereocenters. The van der Waals surface area contributed by atoms with Gasteiger partial charge in [0, 0.05) is 12.8 Å². The van der Waals surface area contributed by atoms with Gasteiger partial charge in [-0.1, -0.05) is 227 Å². The monoisotopic (exact) mass is 834 g/mol. The highest BCUT2D eigenvalue weighted by Crippen LogP contribution is 2.16. The number of nitrogens with one attached hydrogen (secondary N) is 1. The molecular weight excluding hydrogens is 743 g/mol. The minimum absolute atomic E-state index is 0.0327. The van der Waals surface area contributed by atoms with Gasteiger partial charge in [0.2, 0.25) is 5.91 Å². The second-order valence-electron chi connectivity index (χ2n) is 16.3. The lowest BCUT2D eigenvalue weighted by Crippen LogP contribution is -2.46. The molecule has 0 fully saturated rings. The molecule has 0 saturated carbocycles. The molecule has 0 aromatic heterocycles. The molecule has 60 heavy (non-hydrogen) atoms. The van der Waals surface area contributed by atoms with E-state index in [4.69, 9.17) is 4.74 Å². The van der Waals surface area contributed by atoms with Crippen LogP contribution in [0.5, 0.6) is 0 Å². The zero-order valence-electron chi connectivity index (χ0n) is 38.8. The first-order valence-electron chi connectivity index (χ1n) is 24.5. The Labute approximate surface area is 369 Å². The highest BCUT2D eigenvalue weighted by molar-refractivity contribution is 5.77. The summed E-state index contributed by atoms with van der Waals surface area (Å²) >= 11 is 0. The number of unbranched alkanes of at least 4 members (excludes halogenated alkanes) is 19. The van der Waals surface area contributed by atoms with Crippen LogP contribution < -0.4 is 5.32 Å². The molecule has 342 valence electrons. The summed E-state index contributed by atoms with van der Waals surface area (Å²) in [5, 5.41) is 23.6. The SMILES string of the molecule is CC/C=C/C=C/C=C\C=C/C=C/CC(CC(=O)NC(CO)C(O)CCCCCCCCCCCCCCC)OC(=O)CCCCCC/C=C\C/C=C\C/C=C\CCCCC. The van der Waals surface area contributed by atoms with Crippen LogP contribution in [-0.2, 0) is 14.3 Å². The van der Waals surface area contributed by atoms with E-state index in [-0.39, 0.29) is 24.9 Å². The molecule has 0 saturated heterocycles. The quantitative estimate of drug-likeness (QED) is 0.0246. The van der Waals surface area contributed by atoms with Gasteiger partial charge in [0.15, 0.2) is 0 Å². The smallest absolute Gasteiger partial charge is 0.306 e. The van der Waals surface area contributed by atoms with Gasteiger partial charge in [0.1, 0.15) is 6.10 Å². The van der Waals surface area contributed by atoms with Crippen molar-refractivity contribution in [3.05, 3.63) is 97.2 Å². The van der Waals surface area contributed by atoms with Gasteiger partial charge in [-0.05, 0) is 57.8 Å². The number of allylic oxidation sites excluding steroid dienone is 15. The molecule has 1 amide bonds. The molecule has 0 bridgehead atoms. The number of aliphatic hydroxyl groups is 2. The Bertz CT molecular complexity index is 1210. The maximum atomic E-state index is 13.1. The minimum atomic E-state index is -0.826. The lowest BCUT2D eigenvalue weighted by Gasteiger charge is -2.24. The largest absolute Gasteiger partial charge is 0.461 e. The average Bonchev–Trinajstić information content (AvgIpc) is 3.24. The molecule has 0 spiro atoms. The Morgan fingerprint density at radius 1 is 0.533 bits per heavy atom. The molecule has 0 aromatic rings. The van der Waals surface area contributed by atoms with E-state index in [1.54, 1.807) is 0 Å². The van der Waals surface area contributed by atoms with E-state index in [1.165, 1.54) is 89.9 Å². The van der Waals surface area contributed by atoms with Crippen molar-refractivity contribution in [2.24, 2.45) is 0 Å². The number of aliphatic hydroxyl groups excluding tert-OH is 2. The van der Waals surface area contributed by atoms with Gasteiger partial charge in [0.25, 0.3) is 0 Å². The molecule has 0 aliphatic carbocycles. The van der Waals surface area contributed by atoms with Crippen LogP contribution in [0.1, 0.15) is 207 Å². The van der Waals surface area contributed by atoms with E-state index in [0.29, 0.717) is 19.3 Å². The van der Waals surface area contributed by atoms with Crippen molar-refractivity contribution in [2.45, 2.75) is 225 Å². The number of carbonyl (C=O) groups is 2. The average molecular weight is 834 g/mol. The number of esters is 1. The number of amides is 1. The fourth-order valence-electron chi connectivity index (χ4n) is 6.81. The fourth-order valence-corrected chi connectivity index (χ4v) is 6.81. The Morgan fingerprint density at radius 3 is 1.53 bits per heavy atom. The number of carbonyl (C=O) groups excluding carboxylic acids is 2. The number of hydrogen-bond donors (Lipinski definition) is 3. The van der Waals surface area contributed by atoms with Crippen LogP contribution in [0.3, 0.4) is 0 Å². The van der Waals surface area contributed by atoms with Crippen LogP contribution in [0.15, 0.2) is 97.2 Å². The number of hydrogen-bond acceptors (Lipinski definition) is 5. The van der Waals surface area contributed by atoms with Crippen LogP contribution in [0.25, 0.3) is 0 Å². The summed E-state index contributed by atoms with van der Waals surface area (Å²) in [6.07, 6.45) is 62.0. The summed E-state index contributed by atoms with van der Waals surface area (Å²) in [6.45, 7) is 6.25. The molecule has 3 N–H and O–H groups in total. The fraction of sp³-hybridized carbons (Fsp3) is 0.667. The third kappa shape index (κ3) is 41.5. The van der Waals surface area contributed by atoms with Crippen LogP contribution in [-0.4, -0.2) is 46.9 Å². The van der Waals surface area contributed by atoms with E-state index in [1.807, 2.05) is 54.7 Å². The lowest BCUT2D eigenvalue weighted by atomic mass is 10.0. The third-order valence-corrected chi connectivity index (χ3v) is 10.5. The van der Waals surface area contributed by atoms with E-state index in [9.17, 15) is 19.8 Å². The predicted octanol–water partition coefficient (Wildman–Crippen LogP) is 14.6. The normalized spacial score (nSPS) is 14.2. The summed E-state index contributed by atoms with van der Waals surface area (Å²) < 4.78 is 5.82. The second-order valence-corrected chi connectivity index (χ2v) is 16.3. The first kappa shape index (κ1) is 56.8. The molecule has 0 aliphatic heterocycles. The van der Waals surface area contributed by atoms with Crippen LogP contribution in [0.2, 0.25) is 0 Å². The van der Waals surface area contributed by atoms with Crippen molar-refractivity contribution in [1.29, 1.82) is 0 Å². The molecule has 6 nitrogen and oxygen atoms in total. The molecule has 0 aromatic carbocycles. The Morgan fingerprint density at radius 2 is 0.983 bits per heavy atom. The molecule has 0 rings (SSSR count). The summed E-state index contributed by atoms with van der Waals surface area (Å²) in [4.78, 5) is 26.0. The topological polar surface area (TPSA) is 95.9 Å². The molecular formula is C54H91NO5. The second kappa shape index (κ2) is 46.8. The van der Waals surface area contributed by atoms with Crippen LogP contribution in [0, 0.1) is 0 Å². The first-order chi connectivity index (χ1) is 29.5. The number of ether oxygens (including phenoxy) is 1. The van der Waals surface area contributed by atoms with Gasteiger partial charge in [0.05, 0.1) is 25.2 Å². The zero-order valence-corrected chi connectivity index (χ0v) is 38.8. The molecule has 6 heteroatoms. The van der Waals surface area contributed by atoms with Crippen LogP contribution in [0.4, 0.5) is 0 Å². The Balaban J connectivity index is 4.71. The molecule has 0 aliphatic rings. The Hall–Kier alpha value is -3.22. The standard InChI is InChI=1S/C54H91NO5/c1-4-7-10-13-16-19-22-24-25-26-27-29-32-35-38-41-44-47-54(59)60-50(45-42-39-36-33-30-21-18-15-12-9-6-3)48-53(58)55-51(49-56)52(57)46-43-40-37-34-31-28-23-20-17-14-11-8-5-2/h9,12,15-16,18-19,21,24-25,27,29-30,33,36,39,42,50-52,56-57H,4-8,10-11,13-14,17,20,22-23,26,28,31-32,34-35,37-38,40-41,43-49H2,1-3H3,(H,55,58)/b12-9+,18-15+,19-16-,25-24-,29-27-,30-21-,36-33-,42-39+. The van der Waals surface area contributed by atoms with Gasteiger partial charge in [-0.25, -0.2) is 0 Å². The van der Waals surface area contributed by atoms with Crippen LogP contribution >= 0.6 is 0 Å². The summed E-state index contributed by atoms with van der Waals surface area (Å²) in [6, 6.07) is -0.749. The minimum Gasteiger partial charge on any atom is -0.461 e. The van der Waals surface area contributed by atoms with Crippen molar-refractivity contribution in [1.82, 2.24) is 5.32 Å². The molecule has 0 radical (unpaired) electrons. The highest BCUT2D eigenvalue weighted by Gasteiger charge is 2.23. The van der Waals surface area contributed by atoms with Crippen molar-refractivity contribution in [3.8, 4) is 0 Å². The van der Waals surface area contributed by atoms with Gasteiger partial charge in [-0.3, -0.25) is 9.59 Å². The maximum absolute atomic E-state index is 13.1. The van der Waals surface area contributed by atoms with Crippen molar-refractivity contribution >= 4 is 11.9 Å². The van der Waals surface area contributed by atoms with Gasteiger partial charge >= 0.3 is 5.97 Å². The third-order valence-electron chi connectivity index (χ3n) is 10.5. The van der Waals surface area contributed by atoms with E-state index in [2.05, 4.69) is 68.6 Å². The van der Waals surface area contributed by atoms with Crippen molar-refractivity contribution in [2.75, 3.05) is 6.61 Å². The van der Waals surface area contributed by atoms with Gasteiger partial charge in [-0.15, -0.1) is 0 Å². The van der Waals surface area contributed by atoms with E-state index < -0.39 is 18.2 Å². The van der Waals surface area contributed by atoms with Gasteiger partial charge < -0.3 is 20.3 Å².